The summed E-state index contributed by atoms with van der Waals surface area (Å²) in [6.45, 7) is 10.8. The zero-order chi connectivity index (χ0) is 30.1. The molecule has 3 aromatic rings. The van der Waals surface area contributed by atoms with Gasteiger partial charge in [-0.2, -0.15) is 18.2 Å². The van der Waals surface area contributed by atoms with Gasteiger partial charge in [-0.1, -0.05) is 27.7 Å². The van der Waals surface area contributed by atoms with Gasteiger partial charge in [-0.15, -0.1) is 11.8 Å². The van der Waals surface area contributed by atoms with E-state index in [1.165, 1.54) is 16.3 Å². The fraction of sp³-hybridized carbons (Fsp3) is 0.533. The minimum absolute atomic E-state index is 0.149. The van der Waals surface area contributed by atoms with Crippen LogP contribution in [0, 0.1) is 23.5 Å². The predicted molar refractivity (Wildman–Crippen MR) is 153 cm³/mol. The van der Waals surface area contributed by atoms with Crippen molar-refractivity contribution in [2.75, 3.05) is 43.4 Å². The van der Waals surface area contributed by atoms with Crippen LogP contribution in [0.1, 0.15) is 39.3 Å². The molecule has 3 aliphatic rings. The first-order valence-electron chi connectivity index (χ1n) is 14.2. The van der Waals surface area contributed by atoms with Crippen molar-refractivity contribution < 1.29 is 26.7 Å². The van der Waals surface area contributed by atoms with Crippen LogP contribution in [-0.4, -0.2) is 65.1 Å². The minimum atomic E-state index is -4.85. The number of ether oxygens (including phenoxy) is 1. The zero-order valence-corrected chi connectivity index (χ0v) is 24.7. The molecule has 42 heavy (non-hydrogen) atoms. The fourth-order valence-corrected chi connectivity index (χ4v) is 7.64. The van der Waals surface area contributed by atoms with Crippen LogP contribution in [0.25, 0.3) is 22.0 Å². The van der Waals surface area contributed by atoms with Crippen molar-refractivity contribution in [3.8, 4) is 11.1 Å². The number of nitrogens with zero attached hydrogens (tertiary/aromatic N) is 4. The van der Waals surface area contributed by atoms with Gasteiger partial charge in [0.05, 0.1) is 35.9 Å². The number of fused-ring (bicyclic) bond motifs is 1. The van der Waals surface area contributed by atoms with Crippen LogP contribution in [0.15, 0.2) is 34.0 Å². The van der Waals surface area contributed by atoms with E-state index in [2.05, 4.69) is 9.88 Å². The molecule has 6 nitrogen and oxygen atoms in total. The maximum absolute atomic E-state index is 15.2. The summed E-state index contributed by atoms with van der Waals surface area (Å²) in [5, 5.41) is 0.204. The maximum Gasteiger partial charge on any atom is 0.417 e. The zero-order valence-electron chi connectivity index (χ0n) is 23.8. The molecule has 0 amide bonds. The minimum Gasteiger partial charge on any atom is -0.373 e. The van der Waals surface area contributed by atoms with Crippen LogP contribution in [0.2, 0.25) is 0 Å². The standard InChI is InChI=1S/C30H33F5N4O2S/c1-15(2)9-38(10-16(3)4)28-20-8-21(30(33,34)35)25(19-6-5-17(31)7-22(19)32)27-26(20)39(29(40)36-28)18(14-42-27)11-37-12-24-23(37)13-41-24/h5-8,15-16,18,23-24H,9-14H2,1-4H3/t18-,23?,24?/m0/s1. The smallest absolute Gasteiger partial charge is 0.373 e. The molecule has 3 aliphatic heterocycles. The average molecular weight is 609 g/mol. The number of aromatic nitrogens is 2. The Morgan fingerprint density at radius 2 is 1.83 bits per heavy atom. The summed E-state index contributed by atoms with van der Waals surface area (Å²) in [7, 11) is 0. The van der Waals surface area contributed by atoms with Gasteiger partial charge in [-0.25, -0.2) is 13.6 Å². The third-order valence-corrected chi connectivity index (χ3v) is 9.38. The van der Waals surface area contributed by atoms with Gasteiger partial charge in [0, 0.05) is 59.4 Å². The van der Waals surface area contributed by atoms with Crippen molar-refractivity contribution in [2.24, 2.45) is 11.8 Å². The van der Waals surface area contributed by atoms with Gasteiger partial charge in [0.1, 0.15) is 17.5 Å². The van der Waals surface area contributed by atoms with Crippen LogP contribution in [0.5, 0.6) is 0 Å². The molecule has 2 fully saturated rings. The highest BCUT2D eigenvalue weighted by atomic mass is 32.2. The molecular weight excluding hydrogens is 575 g/mol. The lowest BCUT2D eigenvalue weighted by Crippen LogP contribution is -2.71. The van der Waals surface area contributed by atoms with E-state index in [1.54, 1.807) is 0 Å². The second-order valence-corrected chi connectivity index (χ2v) is 13.3. The van der Waals surface area contributed by atoms with Gasteiger partial charge in [0.2, 0.25) is 0 Å². The summed E-state index contributed by atoms with van der Waals surface area (Å²) >= 11 is 1.18. The number of morpholine rings is 1. The van der Waals surface area contributed by atoms with Gasteiger partial charge >= 0.3 is 11.9 Å². The fourth-order valence-electron chi connectivity index (χ4n) is 6.32. The maximum atomic E-state index is 15.2. The van der Waals surface area contributed by atoms with Crippen LogP contribution in [0.4, 0.5) is 27.8 Å². The first-order valence-corrected chi connectivity index (χ1v) is 15.2. The lowest BCUT2D eigenvalue weighted by Gasteiger charge is -2.55. The molecule has 12 heteroatoms. The van der Waals surface area contributed by atoms with Gasteiger partial charge in [-0.3, -0.25) is 9.47 Å². The lowest BCUT2D eigenvalue weighted by molar-refractivity contribution is -0.216. The van der Waals surface area contributed by atoms with Gasteiger partial charge in [0.15, 0.2) is 0 Å². The number of hydrogen-bond acceptors (Lipinski definition) is 6. The van der Waals surface area contributed by atoms with Crippen molar-refractivity contribution in [3.63, 3.8) is 0 Å². The molecule has 0 spiro atoms. The summed E-state index contributed by atoms with van der Waals surface area (Å²) < 4.78 is 80.5. The summed E-state index contributed by atoms with van der Waals surface area (Å²) in [5.41, 5.74) is -2.01. The molecule has 0 aliphatic carbocycles. The van der Waals surface area contributed by atoms with Crippen molar-refractivity contribution in [3.05, 3.63) is 51.9 Å². The number of anilines is 1. The third kappa shape index (κ3) is 5.09. The van der Waals surface area contributed by atoms with Crippen molar-refractivity contribution in [1.29, 1.82) is 0 Å². The van der Waals surface area contributed by atoms with Crippen LogP contribution < -0.4 is 10.6 Å². The number of hydrogen-bond donors (Lipinski definition) is 0. The van der Waals surface area contributed by atoms with Crippen molar-refractivity contribution >= 4 is 28.5 Å². The Morgan fingerprint density at radius 3 is 2.38 bits per heavy atom. The summed E-state index contributed by atoms with van der Waals surface area (Å²) in [5.74, 6) is -1.19. The van der Waals surface area contributed by atoms with Gasteiger partial charge in [0.25, 0.3) is 0 Å². The molecule has 0 bridgehead atoms. The first kappa shape index (κ1) is 29.4. The molecule has 1 aromatic heterocycles. The van der Waals surface area contributed by atoms with Crippen LogP contribution >= 0.6 is 11.8 Å². The van der Waals surface area contributed by atoms with E-state index in [0.717, 1.165) is 24.7 Å². The van der Waals surface area contributed by atoms with Crippen molar-refractivity contribution in [2.45, 2.75) is 57.0 Å². The van der Waals surface area contributed by atoms with Gasteiger partial charge in [-0.05, 0) is 30.0 Å². The molecule has 4 heterocycles. The molecule has 0 radical (unpaired) electrons. The highest BCUT2D eigenvalue weighted by Gasteiger charge is 2.48. The van der Waals surface area contributed by atoms with E-state index in [9.17, 15) is 22.4 Å². The first-order chi connectivity index (χ1) is 19.8. The second-order valence-electron chi connectivity index (χ2n) is 12.3. The molecule has 0 saturated carbocycles. The Balaban J connectivity index is 1.64. The van der Waals surface area contributed by atoms with E-state index >= 15 is 4.39 Å². The normalized spacial score (nSPS) is 21.9. The quantitative estimate of drug-likeness (QED) is 0.284. The number of halogens is 5. The van der Waals surface area contributed by atoms with E-state index in [4.69, 9.17) is 4.74 Å². The SMILES string of the molecule is CC(C)CN(CC(C)C)c1nc(=O)n2c3c(c(-c4ccc(F)cc4F)c(C(F)(F)F)cc13)SC[C@@H]2CN1CC2OCC21. The highest BCUT2D eigenvalue weighted by molar-refractivity contribution is 7.99. The number of benzene rings is 2. The predicted octanol–water partition coefficient (Wildman–Crippen LogP) is 6.21. The Hall–Kier alpha value is -2.70. The van der Waals surface area contributed by atoms with E-state index < -0.39 is 29.1 Å². The molecule has 6 rings (SSSR count). The van der Waals surface area contributed by atoms with E-state index in [-0.39, 0.29) is 57.2 Å². The van der Waals surface area contributed by atoms with Crippen LogP contribution in [-0.2, 0) is 10.9 Å². The average Bonchev–Trinajstić information content (AvgIpc) is 2.87. The highest BCUT2D eigenvalue weighted by Crippen LogP contribution is 2.50. The third-order valence-electron chi connectivity index (χ3n) is 8.15. The summed E-state index contributed by atoms with van der Waals surface area (Å²) in [6.07, 6.45) is -4.66. The lowest BCUT2D eigenvalue weighted by atomic mass is 9.93. The van der Waals surface area contributed by atoms with E-state index in [1.807, 2.05) is 32.6 Å². The Bertz CT molecular complexity index is 1580. The molecule has 226 valence electrons. The number of thioether (sulfide) groups is 1. The Morgan fingerprint density at radius 1 is 1.12 bits per heavy atom. The van der Waals surface area contributed by atoms with E-state index in [0.29, 0.717) is 43.6 Å². The topological polar surface area (TPSA) is 50.6 Å². The second kappa shape index (κ2) is 10.8. The number of likely N-dealkylation sites (tertiary alicyclic amines) is 1. The molecular formula is C30H33F5N4O2S. The number of rotatable bonds is 8. The summed E-state index contributed by atoms with van der Waals surface area (Å²) in [6, 6.07) is 3.50. The summed E-state index contributed by atoms with van der Waals surface area (Å²) in [4.78, 5) is 22.6. The van der Waals surface area contributed by atoms with Crippen LogP contribution in [0.3, 0.4) is 0 Å². The van der Waals surface area contributed by atoms with Crippen molar-refractivity contribution in [1.82, 2.24) is 14.5 Å². The number of alkyl halides is 3. The molecule has 2 saturated heterocycles. The Labute approximate surface area is 244 Å². The Kier molecular flexibility index (Phi) is 7.54. The molecule has 2 aromatic carbocycles. The van der Waals surface area contributed by atoms with Gasteiger partial charge < -0.3 is 9.64 Å². The molecule has 0 N–H and O–H groups in total. The monoisotopic (exact) mass is 608 g/mol. The molecule has 2 unspecified atom stereocenters. The molecule has 3 atom stereocenters. The largest absolute Gasteiger partial charge is 0.417 e.